The van der Waals surface area contributed by atoms with Gasteiger partial charge in [0.05, 0.1) is 11.9 Å². The van der Waals surface area contributed by atoms with Crippen molar-refractivity contribution < 1.29 is 9.59 Å². The van der Waals surface area contributed by atoms with Crippen molar-refractivity contribution in [3.8, 4) is 11.3 Å². The van der Waals surface area contributed by atoms with E-state index in [2.05, 4.69) is 51.8 Å². The molecule has 8 heteroatoms. The molecule has 2 amide bonds. The van der Waals surface area contributed by atoms with Gasteiger partial charge in [-0.1, -0.05) is 43.7 Å². The van der Waals surface area contributed by atoms with Crippen molar-refractivity contribution in [3.63, 3.8) is 0 Å². The van der Waals surface area contributed by atoms with E-state index in [4.69, 9.17) is 0 Å². The molecule has 0 bridgehead atoms. The van der Waals surface area contributed by atoms with E-state index < -0.39 is 0 Å². The van der Waals surface area contributed by atoms with Gasteiger partial charge in [0, 0.05) is 55.3 Å². The summed E-state index contributed by atoms with van der Waals surface area (Å²) in [6.07, 6.45) is 6.85. The Hall–Kier alpha value is -4.20. The summed E-state index contributed by atoms with van der Waals surface area (Å²) < 4.78 is 2.01. The number of aryl methyl sites for hydroxylation is 2. The number of carbonyl (C=O) groups excluding carboxylic acids is 2. The van der Waals surface area contributed by atoms with E-state index in [9.17, 15) is 9.59 Å². The minimum absolute atomic E-state index is 0.106. The van der Waals surface area contributed by atoms with Crippen molar-refractivity contribution >= 4 is 29.0 Å². The van der Waals surface area contributed by atoms with Crippen LogP contribution in [-0.2, 0) is 4.79 Å². The smallest absolute Gasteiger partial charge is 0.251 e. The van der Waals surface area contributed by atoms with E-state index >= 15 is 0 Å². The van der Waals surface area contributed by atoms with Crippen LogP contribution in [0.2, 0.25) is 0 Å². The van der Waals surface area contributed by atoms with Gasteiger partial charge >= 0.3 is 0 Å². The third-order valence-corrected chi connectivity index (χ3v) is 6.33. The van der Waals surface area contributed by atoms with E-state index in [1.165, 1.54) is 5.56 Å². The summed E-state index contributed by atoms with van der Waals surface area (Å²) >= 11 is 0. The van der Waals surface area contributed by atoms with Crippen molar-refractivity contribution in [2.24, 2.45) is 0 Å². The number of amides is 2. The van der Waals surface area contributed by atoms with Crippen LogP contribution in [0.1, 0.15) is 48.2 Å². The number of anilines is 2. The summed E-state index contributed by atoms with van der Waals surface area (Å²) in [7, 11) is 0. The van der Waals surface area contributed by atoms with Gasteiger partial charge in [-0.3, -0.25) is 14.0 Å². The summed E-state index contributed by atoms with van der Waals surface area (Å²) in [4.78, 5) is 35.7. The lowest BCUT2D eigenvalue weighted by molar-refractivity contribution is -0.130. The maximum Gasteiger partial charge on any atom is 0.251 e. The monoisotopic (exact) mass is 498 g/mol. The molecule has 0 aliphatic rings. The molecule has 0 radical (unpaired) electrons. The Labute approximate surface area is 217 Å². The lowest BCUT2D eigenvalue weighted by Crippen LogP contribution is -2.38. The van der Waals surface area contributed by atoms with E-state index in [1.54, 1.807) is 17.2 Å². The number of nitrogens with one attached hydrogen (secondary N) is 2. The SMILES string of the molecule is CCCN(CCNC(=O)c1ccc(Nc2nccn3c(-c4ccc(C)cc4)cnc23)cc1C)C(=O)CC. The molecule has 0 saturated heterocycles. The fraction of sp³-hybridized carbons (Fsp3) is 0.310. The van der Waals surface area contributed by atoms with Crippen LogP contribution in [-0.4, -0.2) is 50.7 Å². The molecule has 0 saturated carbocycles. The maximum atomic E-state index is 12.8. The predicted molar refractivity (Wildman–Crippen MR) is 147 cm³/mol. The van der Waals surface area contributed by atoms with E-state index in [0.29, 0.717) is 37.4 Å². The predicted octanol–water partition coefficient (Wildman–Crippen LogP) is 5.14. The Morgan fingerprint density at radius 1 is 1.00 bits per heavy atom. The van der Waals surface area contributed by atoms with Crippen LogP contribution >= 0.6 is 0 Å². The summed E-state index contributed by atoms with van der Waals surface area (Å²) in [6.45, 7) is 9.49. The van der Waals surface area contributed by atoms with Crippen LogP contribution in [0, 0.1) is 13.8 Å². The highest BCUT2D eigenvalue weighted by Crippen LogP contribution is 2.26. The van der Waals surface area contributed by atoms with Gasteiger partial charge in [-0.05, 0) is 44.0 Å². The highest BCUT2D eigenvalue weighted by atomic mass is 16.2. The number of imidazole rings is 1. The Bertz CT molecular complexity index is 1390. The van der Waals surface area contributed by atoms with Crippen LogP contribution in [0.25, 0.3) is 16.9 Å². The quantitative estimate of drug-likeness (QED) is 0.316. The molecule has 0 unspecified atom stereocenters. The normalized spacial score (nSPS) is 10.9. The molecule has 192 valence electrons. The number of rotatable bonds is 10. The zero-order chi connectivity index (χ0) is 26.4. The Morgan fingerprint density at radius 2 is 1.78 bits per heavy atom. The molecule has 0 aliphatic heterocycles. The second kappa shape index (κ2) is 11.7. The summed E-state index contributed by atoms with van der Waals surface area (Å²) in [5.74, 6) is 0.588. The average Bonchev–Trinajstić information content (AvgIpc) is 3.33. The summed E-state index contributed by atoms with van der Waals surface area (Å²) in [6, 6.07) is 13.9. The van der Waals surface area contributed by atoms with Crippen LogP contribution in [0.5, 0.6) is 0 Å². The highest BCUT2D eigenvalue weighted by Gasteiger charge is 2.14. The molecule has 0 aliphatic carbocycles. The maximum absolute atomic E-state index is 12.8. The Morgan fingerprint density at radius 3 is 2.49 bits per heavy atom. The Balaban J connectivity index is 1.45. The van der Waals surface area contributed by atoms with Crippen LogP contribution in [0.15, 0.2) is 61.1 Å². The van der Waals surface area contributed by atoms with E-state index in [0.717, 1.165) is 34.6 Å². The first kappa shape index (κ1) is 25.9. The van der Waals surface area contributed by atoms with Gasteiger partial charge in [0.25, 0.3) is 5.91 Å². The molecular formula is C29H34N6O2. The van der Waals surface area contributed by atoms with Crippen LogP contribution in [0.3, 0.4) is 0 Å². The second-order valence-electron chi connectivity index (χ2n) is 9.12. The molecular weight excluding hydrogens is 464 g/mol. The van der Waals surface area contributed by atoms with Crippen molar-refractivity contribution in [1.29, 1.82) is 0 Å². The molecule has 37 heavy (non-hydrogen) atoms. The number of nitrogens with zero attached hydrogens (tertiary/aromatic N) is 4. The first-order valence-electron chi connectivity index (χ1n) is 12.7. The van der Waals surface area contributed by atoms with Crippen LogP contribution in [0.4, 0.5) is 11.5 Å². The molecule has 2 heterocycles. The topological polar surface area (TPSA) is 91.6 Å². The molecule has 2 aromatic carbocycles. The molecule has 0 atom stereocenters. The largest absolute Gasteiger partial charge is 0.350 e. The second-order valence-corrected chi connectivity index (χ2v) is 9.12. The molecule has 4 rings (SSSR count). The number of aromatic nitrogens is 3. The molecule has 0 spiro atoms. The van der Waals surface area contributed by atoms with Gasteiger partial charge in [0.15, 0.2) is 11.5 Å². The molecule has 8 nitrogen and oxygen atoms in total. The third-order valence-electron chi connectivity index (χ3n) is 6.33. The van der Waals surface area contributed by atoms with Crippen molar-refractivity contribution in [2.45, 2.75) is 40.5 Å². The van der Waals surface area contributed by atoms with Gasteiger partial charge in [-0.2, -0.15) is 0 Å². The lowest BCUT2D eigenvalue weighted by Gasteiger charge is -2.21. The minimum Gasteiger partial charge on any atom is -0.350 e. The number of carbonyl (C=O) groups is 2. The number of benzene rings is 2. The lowest BCUT2D eigenvalue weighted by atomic mass is 10.1. The van der Waals surface area contributed by atoms with Gasteiger partial charge in [0.2, 0.25) is 5.91 Å². The molecule has 2 N–H and O–H groups in total. The number of fused-ring (bicyclic) bond motifs is 1. The van der Waals surface area contributed by atoms with Crippen LogP contribution < -0.4 is 10.6 Å². The summed E-state index contributed by atoms with van der Waals surface area (Å²) in [5.41, 5.74) is 6.25. The highest BCUT2D eigenvalue weighted by molar-refractivity contribution is 5.96. The average molecular weight is 499 g/mol. The van der Waals surface area contributed by atoms with E-state index in [1.807, 2.05) is 49.7 Å². The molecule has 4 aromatic rings. The first-order chi connectivity index (χ1) is 17.9. The summed E-state index contributed by atoms with van der Waals surface area (Å²) in [5, 5.41) is 6.29. The number of hydrogen-bond acceptors (Lipinski definition) is 5. The third kappa shape index (κ3) is 5.97. The van der Waals surface area contributed by atoms with Gasteiger partial charge in [-0.15, -0.1) is 0 Å². The van der Waals surface area contributed by atoms with Gasteiger partial charge in [0.1, 0.15) is 0 Å². The molecule has 0 fully saturated rings. The fourth-order valence-corrected chi connectivity index (χ4v) is 4.33. The Kier molecular flexibility index (Phi) is 8.18. The van der Waals surface area contributed by atoms with E-state index in [-0.39, 0.29) is 11.8 Å². The molecule has 2 aromatic heterocycles. The standard InChI is InChI=1S/C29H34N6O2/c1-5-15-34(26(36)6-2)16-13-31-29(37)24-12-11-23(18-21(24)4)33-27-28-32-19-25(35(28)17-14-30-27)22-9-7-20(3)8-10-22/h7-12,14,17-19H,5-6,13,15-16H2,1-4H3,(H,30,33)(H,31,37). The van der Waals surface area contributed by atoms with Gasteiger partial charge in [-0.25, -0.2) is 9.97 Å². The van der Waals surface area contributed by atoms with Crippen molar-refractivity contribution in [1.82, 2.24) is 24.6 Å². The minimum atomic E-state index is -0.152. The fourth-order valence-electron chi connectivity index (χ4n) is 4.33. The zero-order valence-electron chi connectivity index (χ0n) is 21.9. The number of hydrogen-bond donors (Lipinski definition) is 2. The van der Waals surface area contributed by atoms with Gasteiger partial charge < -0.3 is 15.5 Å². The first-order valence-corrected chi connectivity index (χ1v) is 12.7. The van der Waals surface area contributed by atoms with Crippen molar-refractivity contribution in [3.05, 3.63) is 77.7 Å². The zero-order valence-corrected chi connectivity index (χ0v) is 21.9. The van der Waals surface area contributed by atoms with Crippen molar-refractivity contribution in [2.75, 3.05) is 25.0 Å².